The van der Waals surface area contributed by atoms with Crippen LogP contribution in [0.2, 0.25) is 0 Å². The summed E-state index contributed by atoms with van der Waals surface area (Å²) in [6, 6.07) is 0. The van der Waals surface area contributed by atoms with Gasteiger partial charge in [-0.15, -0.1) is 0 Å². The van der Waals surface area contributed by atoms with E-state index in [1.807, 2.05) is 6.92 Å². The number of carboxylic acids is 2. The van der Waals surface area contributed by atoms with Crippen molar-refractivity contribution < 1.29 is 19.8 Å². The standard InChI is InChI=1S/C26H48O4/c1-4-18-25(23(27)28)20-15-16-21-26(25,24(29)30)19-14-12-10-8-6-5-7-9-11-13-17-22(2)3/h22H,4-21H2,1-3H3,(H,27,28)(H,29,30). The van der Waals surface area contributed by atoms with E-state index < -0.39 is 22.8 Å². The predicted octanol–water partition coefficient (Wildman–Crippen LogP) is 7.84. The zero-order valence-corrected chi connectivity index (χ0v) is 20.0. The summed E-state index contributed by atoms with van der Waals surface area (Å²) in [7, 11) is 0. The van der Waals surface area contributed by atoms with Gasteiger partial charge in [0, 0.05) is 0 Å². The van der Waals surface area contributed by atoms with Crippen molar-refractivity contribution in [2.45, 2.75) is 136 Å². The Morgan fingerprint density at radius 2 is 1.10 bits per heavy atom. The van der Waals surface area contributed by atoms with E-state index in [1.54, 1.807) is 0 Å². The minimum Gasteiger partial charge on any atom is -0.481 e. The minimum absolute atomic E-state index is 0.478. The number of aliphatic carboxylic acids is 2. The second-order valence-corrected chi connectivity index (χ2v) is 10.2. The molecular weight excluding hydrogens is 376 g/mol. The van der Waals surface area contributed by atoms with Gasteiger partial charge in [0.25, 0.3) is 0 Å². The van der Waals surface area contributed by atoms with Crippen LogP contribution in [0.4, 0.5) is 0 Å². The first kappa shape index (κ1) is 27.0. The highest BCUT2D eigenvalue weighted by Gasteiger charge is 2.60. The zero-order valence-electron chi connectivity index (χ0n) is 20.0. The predicted molar refractivity (Wildman–Crippen MR) is 124 cm³/mol. The number of hydrogen-bond donors (Lipinski definition) is 2. The first-order valence-corrected chi connectivity index (χ1v) is 12.8. The van der Waals surface area contributed by atoms with E-state index >= 15 is 0 Å². The molecule has 0 radical (unpaired) electrons. The van der Waals surface area contributed by atoms with Crippen LogP contribution < -0.4 is 0 Å². The van der Waals surface area contributed by atoms with Crippen molar-refractivity contribution in [1.29, 1.82) is 0 Å². The molecule has 1 aliphatic rings. The lowest BCUT2D eigenvalue weighted by Gasteiger charge is -2.48. The van der Waals surface area contributed by atoms with Crippen LogP contribution in [0.1, 0.15) is 136 Å². The van der Waals surface area contributed by atoms with Gasteiger partial charge >= 0.3 is 11.9 Å². The molecule has 0 bridgehead atoms. The Morgan fingerprint density at radius 1 is 0.700 bits per heavy atom. The van der Waals surface area contributed by atoms with Gasteiger partial charge in [0.1, 0.15) is 0 Å². The van der Waals surface area contributed by atoms with E-state index in [0.29, 0.717) is 25.7 Å². The maximum Gasteiger partial charge on any atom is 0.310 e. The van der Waals surface area contributed by atoms with Crippen LogP contribution in [0.5, 0.6) is 0 Å². The smallest absolute Gasteiger partial charge is 0.310 e. The van der Waals surface area contributed by atoms with Crippen LogP contribution in [0.3, 0.4) is 0 Å². The van der Waals surface area contributed by atoms with Gasteiger partial charge in [0.2, 0.25) is 0 Å². The fourth-order valence-corrected chi connectivity index (χ4v) is 5.72. The van der Waals surface area contributed by atoms with Crippen molar-refractivity contribution in [1.82, 2.24) is 0 Å². The van der Waals surface area contributed by atoms with Crippen molar-refractivity contribution in [3.05, 3.63) is 0 Å². The summed E-state index contributed by atoms with van der Waals surface area (Å²) in [5.41, 5.74) is -2.16. The topological polar surface area (TPSA) is 74.6 Å². The molecule has 30 heavy (non-hydrogen) atoms. The molecule has 0 saturated heterocycles. The minimum atomic E-state index is -1.08. The summed E-state index contributed by atoms with van der Waals surface area (Å²) in [4.78, 5) is 24.6. The summed E-state index contributed by atoms with van der Waals surface area (Å²) in [6.07, 6.45) is 17.9. The van der Waals surface area contributed by atoms with Crippen molar-refractivity contribution in [2.24, 2.45) is 16.7 Å². The summed E-state index contributed by atoms with van der Waals surface area (Å²) in [6.45, 7) is 6.55. The van der Waals surface area contributed by atoms with Crippen molar-refractivity contribution in [3.63, 3.8) is 0 Å². The van der Waals surface area contributed by atoms with Crippen LogP contribution in [0.15, 0.2) is 0 Å². The number of carboxylic acid groups (broad SMARTS) is 2. The Morgan fingerprint density at radius 3 is 1.50 bits per heavy atom. The molecule has 1 saturated carbocycles. The first-order valence-electron chi connectivity index (χ1n) is 12.8. The van der Waals surface area contributed by atoms with Gasteiger partial charge in [-0.1, -0.05) is 111 Å². The molecule has 1 aliphatic carbocycles. The lowest BCUT2D eigenvalue weighted by atomic mass is 9.52. The molecule has 4 nitrogen and oxygen atoms in total. The number of rotatable bonds is 17. The van der Waals surface area contributed by atoms with Gasteiger partial charge in [0.15, 0.2) is 0 Å². The van der Waals surface area contributed by atoms with Crippen LogP contribution >= 0.6 is 0 Å². The lowest BCUT2D eigenvalue weighted by molar-refractivity contribution is -0.182. The molecule has 0 spiro atoms. The summed E-state index contributed by atoms with van der Waals surface area (Å²) >= 11 is 0. The summed E-state index contributed by atoms with van der Waals surface area (Å²) in [5, 5.41) is 20.2. The average molecular weight is 425 g/mol. The highest BCUT2D eigenvalue weighted by atomic mass is 16.4. The highest BCUT2D eigenvalue weighted by Crippen LogP contribution is 2.56. The molecule has 4 heteroatoms. The van der Waals surface area contributed by atoms with E-state index in [1.165, 1.54) is 51.4 Å². The molecule has 0 amide bonds. The van der Waals surface area contributed by atoms with E-state index in [0.717, 1.165) is 44.4 Å². The Labute approximate surface area is 185 Å². The van der Waals surface area contributed by atoms with E-state index in [9.17, 15) is 19.8 Å². The van der Waals surface area contributed by atoms with E-state index in [-0.39, 0.29) is 0 Å². The van der Waals surface area contributed by atoms with E-state index in [4.69, 9.17) is 0 Å². The Balaban J connectivity index is 2.36. The maximum absolute atomic E-state index is 12.4. The SMILES string of the molecule is CCCC1(C(=O)O)CCCCC1(CCCCCCCCCCCCC(C)C)C(=O)O. The van der Waals surface area contributed by atoms with Crippen LogP contribution in [-0.2, 0) is 9.59 Å². The second kappa shape index (κ2) is 14.1. The van der Waals surface area contributed by atoms with Crippen molar-refractivity contribution in [2.75, 3.05) is 0 Å². The molecule has 1 rings (SSSR count). The van der Waals surface area contributed by atoms with Gasteiger partial charge in [-0.3, -0.25) is 9.59 Å². The van der Waals surface area contributed by atoms with Gasteiger partial charge in [-0.05, 0) is 31.6 Å². The van der Waals surface area contributed by atoms with Crippen molar-refractivity contribution in [3.8, 4) is 0 Å². The summed E-state index contributed by atoms with van der Waals surface area (Å²) in [5.74, 6) is -0.947. The van der Waals surface area contributed by atoms with Gasteiger partial charge in [-0.2, -0.15) is 0 Å². The fourth-order valence-electron chi connectivity index (χ4n) is 5.72. The lowest BCUT2D eigenvalue weighted by Crippen LogP contribution is -2.54. The number of unbranched alkanes of at least 4 members (excludes halogenated alkanes) is 9. The molecule has 1 fully saturated rings. The molecular formula is C26H48O4. The molecule has 2 N–H and O–H groups in total. The summed E-state index contributed by atoms with van der Waals surface area (Å²) < 4.78 is 0. The number of carbonyl (C=O) groups is 2. The first-order chi connectivity index (χ1) is 14.3. The van der Waals surface area contributed by atoms with Crippen LogP contribution in [-0.4, -0.2) is 22.2 Å². The van der Waals surface area contributed by atoms with Gasteiger partial charge in [-0.25, -0.2) is 0 Å². The molecule has 0 aromatic rings. The van der Waals surface area contributed by atoms with Gasteiger partial charge < -0.3 is 10.2 Å². The molecule has 0 aromatic heterocycles. The average Bonchev–Trinajstić information content (AvgIpc) is 2.69. The molecule has 2 atom stereocenters. The molecule has 0 aromatic carbocycles. The molecule has 2 unspecified atom stereocenters. The van der Waals surface area contributed by atoms with Crippen LogP contribution in [0.25, 0.3) is 0 Å². The van der Waals surface area contributed by atoms with Crippen LogP contribution in [0, 0.1) is 16.7 Å². The quantitative estimate of drug-likeness (QED) is 0.233. The largest absolute Gasteiger partial charge is 0.481 e. The second-order valence-electron chi connectivity index (χ2n) is 10.2. The Bertz CT molecular complexity index is 497. The third-order valence-corrected chi connectivity index (χ3v) is 7.50. The van der Waals surface area contributed by atoms with E-state index in [2.05, 4.69) is 13.8 Å². The number of hydrogen-bond acceptors (Lipinski definition) is 2. The molecule has 0 heterocycles. The monoisotopic (exact) mass is 424 g/mol. The van der Waals surface area contributed by atoms with Crippen molar-refractivity contribution >= 4 is 11.9 Å². The Kier molecular flexibility index (Phi) is 12.7. The zero-order chi connectivity index (χ0) is 22.5. The normalized spacial score (nSPS) is 24.3. The highest BCUT2D eigenvalue weighted by molar-refractivity contribution is 5.87. The fraction of sp³-hybridized carbons (Fsp3) is 0.923. The molecule has 176 valence electrons. The third-order valence-electron chi connectivity index (χ3n) is 7.50. The third kappa shape index (κ3) is 7.57. The maximum atomic E-state index is 12.4. The van der Waals surface area contributed by atoms with Gasteiger partial charge in [0.05, 0.1) is 10.8 Å². The Hall–Kier alpha value is -1.06. The molecule has 0 aliphatic heterocycles.